The van der Waals surface area contributed by atoms with Crippen LogP contribution in [-0.2, 0) is 11.2 Å². The largest absolute Gasteiger partial charge is 0.481 e. The van der Waals surface area contributed by atoms with Crippen LogP contribution in [0.2, 0.25) is 0 Å². The fourth-order valence-electron chi connectivity index (χ4n) is 2.80. The standard InChI is InChI=1S/C21H17N3O3S/c1-13(23-24-21-22-16-7-2-3-8-19(16)28-21)17-9-10-18(27-17)15-6-4-5-14(11-15)12-20(25)26/h2-11H,12H2,1H3,(H,22,24)(H,25,26)/b23-13+. The molecule has 7 heteroatoms. The number of carboxylic acid groups (broad SMARTS) is 1. The molecule has 4 rings (SSSR count). The van der Waals surface area contributed by atoms with E-state index in [-0.39, 0.29) is 6.42 Å². The summed E-state index contributed by atoms with van der Waals surface area (Å²) in [5, 5.41) is 14.0. The minimum atomic E-state index is -0.860. The number of nitrogens with zero attached hydrogens (tertiary/aromatic N) is 2. The van der Waals surface area contributed by atoms with Crippen LogP contribution in [0.1, 0.15) is 18.2 Å². The highest BCUT2D eigenvalue weighted by atomic mass is 32.1. The average molecular weight is 391 g/mol. The number of furan rings is 1. The average Bonchev–Trinajstić information content (AvgIpc) is 3.33. The molecular weight excluding hydrogens is 374 g/mol. The van der Waals surface area contributed by atoms with Gasteiger partial charge in [0.25, 0.3) is 0 Å². The fraction of sp³-hybridized carbons (Fsp3) is 0.0952. The van der Waals surface area contributed by atoms with Gasteiger partial charge in [0, 0.05) is 5.56 Å². The van der Waals surface area contributed by atoms with E-state index < -0.39 is 5.97 Å². The number of carbonyl (C=O) groups is 1. The smallest absolute Gasteiger partial charge is 0.307 e. The maximum absolute atomic E-state index is 10.9. The van der Waals surface area contributed by atoms with Crippen LogP contribution in [0.5, 0.6) is 0 Å². The molecule has 0 fully saturated rings. The number of hydrazone groups is 1. The Kier molecular flexibility index (Phi) is 4.90. The van der Waals surface area contributed by atoms with Crippen molar-refractivity contribution < 1.29 is 14.3 Å². The van der Waals surface area contributed by atoms with Crippen molar-refractivity contribution in [3.63, 3.8) is 0 Å². The van der Waals surface area contributed by atoms with Crippen LogP contribution in [0.15, 0.2) is 70.2 Å². The number of fused-ring (bicyclic) bond motifs is 1. The zero-order valence-corrected chi connectivity index (χ0v) is 15.9. The van der Waals surface area contributed by atoms with Crippen molar-refractivity contribution in [3.8, 4) is 11.3 Å². The van der Waals surface area contributed by atoms with Crippen LogP contribution < -0.4 is 5.43 Å². The Morgan fingerprint density at radius 3 is 2.86 bits per heavy atom. The summed E-state index contributed by atoms with van der Waals surface area (Å²) in [6, 6.07) is 18.9. The highest BCUT2D eigenvalue weighted by Crippen LogP contribution is 2.26. The zero-order valence-electron chi connectivity index (χ0n) is 15.0. The number of nitrogens with one attached hydrogen (secondary N) is 1. The number of hydrogen-bond donors (Lipinski definition) is 2. The molecule has 140 valence electrons. The molecule has 2 aromatic carbocycles. The summed E-state index contributed by atoms with van der Waals surface area (Å²) in [4.78, 5) is 15.4. The first-order chi connectivity index (χ1) is 13.6. The van der Waals surface area contributed by atoms with E-state index in [1.807, 2.05) is 61.5 Å². The predicted molar refractivity (Wildman–Crippen MR) is 111 cm³/mol. The second-order valence-corrected chi connectivity index (χ2v) is 7.26. The van der Waals surface area contributed by atoms with Gasteiger partial charge in [0.1, 0.15) is 11.5 Å². The van der Waals surface area contributed by atoms with Crippen molar-refractivity contribution in [1.82, 2.24) is 4.98 Å². The lowest BCUT2D eigenvalue weighted by Crippen LogP contribution is -1.99. The number of benzene rings is 2. The number of carboxylic acids is 1. The lowest BCUT2D eigenvalue weighted by molar-refractivity contribution is -0.136. The summed E-state index contributed by atoms with van der Waals surface area (Å²) < 4.78 is 7.00. The highest BCUT2D eigenvalue weighted by molar-refractivity contribution is 7.22. The van der Waals surface area contributed by atoms with Crippen LogP contribution in [0.3, 0.4) is 0 Å². The maximum Gasteiger partial charge on any atom is 0.307 e. The number of aromatic nitrogens is 1. The van der Waals surface area contributed by atoms with Gasteiger partial charge in [0.05, 0.1) is 16.6 Å². The van der Waals surface area contributed by atoms with Gasteiger partial charge in [-0.05, 0) is 42.8 Å². The molecule has 0 spiro atoms. The Morgan fingerprint density at radius 1 is 1.18 bits per heavy atom. The van der Waals surface area contributed by atoms with Crippen LogP contribution >= 0.6 is 11.3 Å². The third-order valence-electron chi connectivity index (χ3n) is 4.14. The zero-order chi connectivity index (χ0) is 19.5. The number of rotatable bonds is 6. The quantitative estimate of drug-likeness (QED) is 0.356. The molecule has 0 amide bonds. The molecule has 6 nitrogen and oxygen atoms in total. The Labute approximate surface area is 165 Å². The van der Waals surface area contributed by atoms with Gasteiger partial charge in [-0.2, -0.15) is 5.10 Å². The van der Waals surface area contributed by atoms with Crippen molar-refractivity contribution in [1.29, 1.82) is 0 Å². The molecular formula is C21H17N3O3S. The Morgan fingerprint density at radius 2 is 2.04 bits per heavy atom. The van der Waals surface area contributed by atoms with E-state index in [1.165, 1.54) is 11.3 Å². The molecule has 0 unspecified atom stereocenters. The number of aliphatic carboxylic acids is 1. The van der Waals surface area contributed by atoms with Gasteiger partial charge in [-0.15, -0.1) is 0 Å². The molecule has 4 aromatic rings. The van der Waals surface area contributed by atoms with E-state index in [1.54, 1.807) is 6.07 Å². The molecule has 0 radical (unpaired) electrons. The molecule has 0 aliphatic carbocycles. The normalized spacial score (nSPS) is 11.7. The van der Waals surface area contributed by atoms with Gasteiger partial charge >= 0.3 is 5.97 Å². The van der Waals surface area contributed by atoms with Crippen LogP contribution in [0, 0.1) is 0 Å². The van der Waals surface area contributed by atoms with Gasteiger partial charge in [0.2, 0.25) is 5.13 Å². The molecule has 0 aliphatic heterocycles. The van der Waals surface area contributed by atoms with Crippen molar-refractivity contribution in [2.45, 2.75) is 13.3 Å². The second kappa shape index (κ2) is 7.66. The van der Waals surface area contributed by atoms with E-state index >= 15 is 0 Å². The number of para-hydroxylation sites is 1. The van der Waals surface area contributed by atoms with Crippen LogP contribution in [-0.4, -0.2) is 21.8 Å². The first-order valence-corrected chi connectivity index (χ1v) is 9.47. The lowest BCUT2D eigenvalue weighted by atomic mass is 10.1. The van der Waals surface area contributed by atoms with Crippen molar-refractivity contribution in [2.75, 3.05) is 5.43 Å². The van der Waals surface area contributed by atoms with Gasteiger partial charge in [-0.25, -0.2) is 4.98 Å². The Hall–Kier alpha value is -3.45. The highest BCUT2D eigenvalue weighted by Gasteiger charge is 2.09. The summed E-state index contributed by atoms with van der Waals surface area (Å²) in [5.41, 5.74) is 6.16. The van der Waals surface area contributed by atoms with Crippen LogP contribution in [0.4, 0.5) is 5.13 Å². The van der Waals surface area contributed by atoms with E-state index in [0.29, 0.717) is 22.4 Å². The summed E-state index contributed by atoms with van der Waals surface area (Å²) in [6.07, 6.45) is -0.0199. The first-order valence-electron chi connectivity index (χ1n) is 8.66. The number of anilines is 1. The monoisotopic (exact) mass is 391 g/mol. The first kappa shape index (κ1) is 17.9. The van der Waals surface area contributed by atoms with Gasteiger partial charge in [-0.1, -0.05) is 41.7 Å². The van der Waals surface area contributed by atoms with E-state index in [2.05, 4.69) is 15.5 Å². The molecule has 28 heavy (non-hydrogen) atoms. The summed E-state index contributed by atoms with van der Waals surface area (Å²) >= 11 is 1.54. The molecule has 0 aliphatic rings. The molecule has 0 saturated carbocycles. The predicted octanol–water partition coefficient (Wildman–Crippen LogP) is 5.02. The molecule has 0 saturated heterocycles. The maximum atomic E-state index is 10.9. The fourth-order valence-corrected chi connectivity index (χ4v) is 3.61. The van der Waals surface area contributed by atoms with Gasteiger partial charge < -0.3 is 9.52 Å². The second-order valence-electron chi connectivity index (χ2n) is 6.23. The topological polar surface area (TPSA) is 87.7 Å². The molecule has 2 N–H and O–H groups in total. The SMILES string of the molecule is C/C(=N\Nc1nc2ccccc2s1)c1ccc(-c2cccc(CC(=O)O)c2)o1. The number of hydrogen-bond acceptors (Lipinski definition) is 6. The van der Waals surface area contributed by atoms with Gasteiger partial charge in [0.15, 0.2) is 5.76 Å². The third-order valence-corrected chi connectivity index (χ3v) is 5.08. The summed E-state index contributed by atoms with van der Waals surface area (Å²) in [6.45, 7) is 1.85. The Balaban J connectivity index is 1.51. The molecule has 0 atom stereocenters. The minimum absolute atomic E-state index is 0.0199. The molecule has 2 heterocycles. The lowest BCUT2D eigenvalue weighted by Gasteiger charge is -2.01. The summed E-state index contributed by atoms with van der Waals surface area (Å²) in [5.74, 6) is 0.435. The Bertz CT molecular complexity index is 1140. The van der Waals surface area contributed by atoms with Gasteiger partial charge in [-0.3, -0.25) is 10.2 Å². The minimum Gasteiger partial charge on any atom is -0.481 e. The van der Waals surface area contributed by atoms with E-state index in [0.717, 1.165) is 21.3 Å². The third kappa shape index (κ3) is 3.94. The molecule has 0 bridgehead atoms. The van der Waals surface area contributed by atoms with E-state index in [9.17, 15) is 4.79 Å². The van der Waals surface area contributed by atoms with Crippen molar-refractivity contribution >= 4 is 38.4 Å². The van der Waals surface area contributed by atoms with Crippen molar-refractivity contribution in [2.24, 2.45) is 5.10 Å². The van der Waals surface area contributed by atoms with Crippen molar-refractivity contribution in [3.05, 3.63) is 72.0 Å². The van der Waals surface area contributed by atoms with Crippen LogP contribution in [0.25, 0.3) is 21.5 Å². The summed E-state index contributed by atoms with van der Waals surface area (Å²) in [7, 11) is 0. The molecule has 2 aromatic heterocycles. The van der Waals surface area contributed by atoms with E-state index in [4.69, 9.17) is 9.52 Å². The number of thiazole rings is 1.